The number of anilines is 1. The molecule has 1 heterocycles. The Morgan fingerprint density at radius 2 is 2.05 bits per heavy atom. The lowest BCUT2D eigenvalue weighted by molar-refractivity contribution is -0.137. The van der Waals surface area contributed by atoms with Gasteiger partial charge in [0.25, 0.3) is 0 Å². The molecule has 0 fully saturated rings. The molecule has 0 unspecified atom stereocenters. The van der Waals surface area contributed by atoms with E-state index in [1.807, 2.05) is 0 Å². The highest BCUT2D eigenvalue weighted by molar-refractivity contribution is 5.85. The molecule has 0 radical (unpaired) electrons. The Kier molecular flexibility index (Phi) is 4.66. The lowest BCUT2D eigenvalue weighted by Gasteiger charge is -2.10. The van der Waals surface area contributed by atoms with Gasteiger partial charge in [-0.25, -0.2) is 4.68 Å². The molecule has 19 heavy (non-hydrogen) atoms. The molecule has 0 aliphatic rings. The molecule has 1 aromatic heterocycles. The standard InChI is InChI=1S/C11H10F3N3O.ClH/c12-11(13,14)8-2-1-3-10(4-8)18-7-17-6-9(15)5-16-17;/h1-6H,7,15H2;1H. The zero-order chi connectivity index (χ0) is 13.2. The van der Waals surface area contributed by atoms with Crippen LogP contribution in [0, 0.1) is 0 Å². The molecule has 8 heteroatoms. The Morgan fingerprint density at radius 1 is 1.32 bits per heavy atom. The van der Waals surface area contributed by atoms with Crippen molar-refractivity contribution in [3.63, 3.8) is 0 Å². The summed E-state index contributed by atoms with van der Waals surface area (Å²) in [5, 5.41) is 3.85. The summed E-state index contributed by atoms with van der Waals surface area (Å²) in [6, 6.07) is 4.66. The van der Waals surface area contributed by atoms with Crippen molar-refractivity contribution in [2.45, 2.75) is 12.9 Å². The van der Waals surface area contributed by atoms with Gasteiger partial charge in [0.05, 0.1) is 23.6 Å². The molecule has 0 spiro atoms. The van der Waals surface area contributed by atoms with Crippen LogP contribution >= 0.6 is 12.4 Å². The number of rotatable bonds is 3. The van der Waals surface area contributed by atoms with Crippen molar-refractivity contribution in [1.29, 1.82) is 0 Å². The zero-order valence-electron chi connectivity index (χ0n) is 9.59. The Labute approximate surface area is 113 Å². The van der Waals surface area contributed by atoms with Crippen LogP contribution in [0.25, 0.3) is 0 Å². The molecule has 1 aromatic carbocycles. The SMILES string of the molecule is Cl.Nc1cnn(COc2cccc(C(F)(F)F)c2)c1. The van der Waals surface area contributed by atoms with Crippen LogP contribution in [0.4, 0.5) is 18.9 Å². The summed E-state index contributed by atoms with van der Waals surface area (Å²) in [4.78, 5) is 0. The van der Waals surface area contributed by atoms with Crippen LogP contribution in [0.3, 0.4) is 0 Å². The fourth-order valence-corrected chi connectivity index (χ4v) is 1.35. The van der Waals surface area contributed by atoms with E-state index < -0.39 is 11.7 Å². The van der Waals surface area contributed by atoms with Gasteiger partial charge in [-0.3, -0.25) is 0 Å². The summed E-state index contributed by atoms with van der Waals surface area (Å²) in [6.45, 7) is -0.00148. The Morgan fingerprint density at radius 3 is 2.63 bits per heavy atom. The number of hydrogen-bond acceptors (Lipinski definition) is 3. The fourth-order valence-electron chi connectivity index (χ4n) is 1.35. The molecule has 0 atom stereocenters. The molecule has 0 aliphatic heterocycles. The maximum Gasteiger partial charge on any atom is 0.416 e. The maximum absolute atomic E-state index is 12.4. The monoisotopic (exact) mass is 293 g/mol. The molecular formula is C11H11ClF3N3O. The van der Waals surface area contributed by atoms with Crippen LogP contribution in [-0.4, -0.2) is 9.78 Å². The molecule has 0 aliphatic carbocycles. The summed E-state index contributed by atoms with van der Waals surface area (Å²) in [7, 11) is 0. The molecule has 0 saturated carbocycles. The third-order valence-corrected chi connectivity index (χ3v) is 2.18. The van der Waals surface area contributed by atoms with Crippen molar-refractivity contribution < 1.29 is 17.9 Å². The molecule has 0 amide bonds. The van der Waals surface area contributed by atoms with Crippen molar-refractivity contribution in [3.05, 3.63) is 42.2 Å². The molecular weight excluding hydrogens is 283 g/mol. The number of halogens is 4. The molecule has 0 bridgehead atoms. The van der Waals surface area contributed by atoms with E-state index in [0.717, 1.165) is 12.1 Å². The lowest BCUT2D eigenvalue weighted by atomic mass is 10.2. The second kappa shape index (κ2) is 5.83. The van der Waals surface area contributed by atoms with Gasteiger partial charge in [-0.2, -0.15) is 18.3 Å². The largest absolute Gasteiger partial charge is 0.471 e. The van der Waals surface area contributed by atoms with Gasteiger partial charge in [0.15, 0.2) is 6.73 Å². The van der Waals surface area contributed by atoms with Crippen molar-refractivity contribution in [1.82, 2.24) is 9.78 Å². The summed E-state index contributed by atoms with van der Waals surface area (Å²) in [6.07, 6.45) is -1.43. The number of ether oxygens (including phenoxy) is 1. The first-order chi connectivity index (χ1) is 8.45. The average molecular weight is 294 g/mol. The summed E-state index contributed by atoms with van der Waals surface area (Å²) < 4.78 is 43.9. The van der Waals surface area contributed by atoms with Gasteiger partial charge in [-0.15, -0.1) is 12.4 Å². The van der Waals surface area contributed by atoms with E-state index in [2.05, 4.69) is 5.10 Å². The Bertz CT molecular complexity index is 542. The predicted octanol–water partition coefficient (Wildman–Crippen LogP) is 2.94. The van der Waals surface area contributed by atoms with Crippen LogP contribution < -0.4 is 10.5 Å². The molecule has 4 nitrogen and oxygen atoms in total. The second-order valence-corrected chi connectivity index (χ2v) is 3.61. The van der Waals surface area contributed by atoms with Gasteiger partial charge in [-0.05, 0) is 18.2 Å². The third-order valence-electron chi connectivity index (χ3n) is 2.18. The van der Waals surface area contributed by atoms with Crippen molar-refractivity contribution in [2.75, 3.05) is 5.73 Å². The first-order valence-corrected chi connectivity index (χ1v) is 5.03. The summed E-state index contributed by atoms with van der Waals surface area (Å²) in [5.41, 5.74) is 5.15. The first kappa shape index (κ1) is 15.2. The van der Waals surface area contributed by atoms with E-state index in [1.54, 1.807) is 0 Å². The third kappa shape index (κ3) is 4.06. The smallest absolute Gasteiger partial charge is 0.416 e. The predicted molar refractivity (Wildman–Crippen MR) is 66.0 cm³/mol. The topological polar surface area (TPSA) is 53.1 Å². The molecule has 2 N–H and O–H groups in total. The molecule has 2 aromatic rings. The number of alkyl halides is 3. The minimum absolute atomic E-state index is 0. The van der Waals surface area contributed by atoms with Crippen LogP contribution in [0.1, 0.15) is 5.56 Å². The minimum atomic E-state index is -4.38. The Balaban J connectivity index is 0.00000180. The van der Waals surface area contributed by atoms with Gasteiger partial charge >= 0.3 is 6.18 Å². The summed E-state index contributed by atoms with van der Waals surface area (Å²) >= 11 is 0. The normalized spacial score (nSPS) is 10.9. The highest BCUT2D eigenvalue weighted by atomic mass is 35.5. The van der Waals surface area contributed by atoms with Crippen molar-refractivity contribution in [2.24, 2.45) is 0 Å². The Hall–Kier alpha value is -1.89. The van der Waals surface area contributed by atoms with Gasteiger partial charge in [0, 0.05) is 0 Å². The quantitative estimate of drug-likeness (QED) is 0.946. The van der Waals surface area contributed by atoms with Gasteiger partial charge in [0.1, 0.15) is 5.75 Å². The van der Waals surface area contributed by atoms with Crippen LogP contribution in [0.15, 0.2) is 36.7 Å². The van der Waals surface area contributed by atoms with Crippen LogP contribution in [0.2, 0.25) is 0 Å². The van der Waals surface area contributed by atoms with E-state index in [1.165, 1.54) is 29.2 Å². The van der Waals surface area contributed by atoms with E-state index >= 15 is 0 Å². The van der Waals surface area contributed by atoms with Gasteiger partial charge in [-0.1, -0.05) is 6.07 Å². The minimum Gasteiger partial charge on any atom is -0.471 e. The van der Waals surface area contributed by atoms with E-state index in [4.69, 9.17) is 10.5 Å². The molecule has 0 saturated heterocycles. The number of aromatic nitrogens is 2. The number of nitrogens with zero attached hydrogens (tertiary/aromatic N) is 2. The van der Waals surface area contributed by atoms with Gasteiger partial charge < -0.3 is 10.5 Å². The van der Waals surface area contributed by atoms with Crippen LogP contribution in [-0.2, 0) is 12.9 Å². The fraction of sp³-hybridized carbons (Fsp3) is 0.182. The number of nitrogen functional groups attached to an aromatic ring is 1. The van der Waals surface area contributed by atoms with Gasteiger partial charge in [0.2, 0.25) is 0 Å². The highest BCUT2D eigenvalue weighted by Crippen LogP contribution is 2.31. The van der Waals surface area contributed by atoms with Crippen LogP contribution in [0.5, 0.6) is 5.75 Å². The number of nitrogens with two attached hydrogens (primary N) is 1. The number of benzene rings is 1. The van der Waals surface area contributed by atoms with Crippen molar-refractivity contribution >= 4 is 18.1 Å². The zero-order valence-corrected chi connectivity index (χ0v) is 10.4. The lowest BCUT2D eigenvalue weighted by Crippen LogP contribution is -2.08. The molecule has 2 rings (SSSR count). The highest BCUT2D eigenvalue weighted by Gasteiger charge is 2.30. The molecule has 104 valence electrons. The van der Waals surface area contributed by atoms with E-state index in [0.29, 0.717) is 5.69 Å². The summed E-state index contributed by atoms with van der Waals surface area (Å²) in [5.74, 6) is 0.124. The second-order valence-electron chi connectivity index (χ2n) is 3.61. The van der Waals surface area contributed by atoms with E-state index in [-0.39, 0.29) is 24.9 Å². The first-order valence-electron chi connectivity index (χ1n) is 5.03. The average Bonchev–Trinajstić information content (AvgIpc) is 2.72. The number of hydrogen-bond donors (Lipinski definition) is 1. The maximum atomic E-state index is 12.4. The van der Waals surface area contributed by atoms with E-state index in [9.17, 15) is 13.2 Å². The van der Waals surface area contributed by atoms with Crippen molar-refractivity contribution in [3.8, 4) is 5.75 Å².